The van der Waals surface area contributed by atoms with Crippen molar-refractivity contribution in [1.82, 2.24) is 14.7 Å². The largest absolute Gasteiger partial charge is 0.467 e. The zero-order valence-corrected chi connectivity index (χ0v) is 17.8. The third-order valence-electron chi connectivity index (χ3n) is 5.45. The van der Waals surface area contributed by atoms with Crippen LogP contribution in [0.1, 0.15) is 48.1 Å². The SMILES string of the molecule is Cc1cc(NC(=O)c2ccc3c(c2)C(=O)N(Cc2ccco2)C3=O)n(Cc2ccccc2)n1. The number of carbonyl (C=O) groups excluding carboxylic acids is 3. The molecule has 2 aromatic carbocycles. The highest BCUT2D eigenvalue weighted by molar-refractivity contribution is 6.22. The number of aryl methyl sites for hydroxylation is 1. The minimum atomic E-state index is -0.453. The maximum Gasteiger partial charge on any atom is 0.261 e. The molecule has 3 heterocycles. The van der Waals surface area contributed by atoms with Gasteiger partial charge in [-0.2, -0.15) is 5.10 Å². The number of hydrogen-bond donors (Lipinski definition) is 1. The predicted octanol–water partition coefficient (Wildman–Crippen LogP) is 3.88. The fourth-order valence-electron chi connectivity index (χ4n) is 3.85. The lowest BCUT2D eigenvalue weighted by Crippen LogP contribution is -2.28. The lowest BCUT2D eigenvalue weighted by molar-refractivity contribution is 0.0631. The summed E-state index contributed by atoms with van der Waals surface area (Å²) >= 11 is 0. The molecule has 0 aliphatic carbocycles. The molecule has 0 saturated carbocycles. The average Bonchev–Trinajstić information content (AvgIpc) is 3.51. The van der Waals surface area contributed by atoms with Gasteiger partial charge in [0.25, 0.3) is 17.7 Å². The van der Waals surface area contributed by atoms with Gasteiger partial charge in [0, 0.05) is 11.6 Å². The van der Waals surface area contributed by atoms with Crippen LogP contribution in [0.4, 0.5) is 5.82 Å². The molecular formula is C25H20N4O4. The zero-order chi connectivity index (χ0) is 22.9. The van der Waals surface area contributed by atoms with E-state index in [1.165, 1.54) is 18.4 Å². The second kappa shape index (κ2) is 8.23. The Morgan fingerprint density at radius 1 is 0.939 bits per heavy atom. The van der Waals surface area contributed by atoms with Gasteiger partial charge in [0.05, 0.1) is 36.2 Å². The van der Waals surface area contributed by atoms with E-state index in [0.29, 0.717) is 18.1 Å². The van der Waals surface area contributed by atoms with Crippen molar-refractivity contribution in [3.05, 3.63) is 107 Å². The molecule has 8 heteroatoms. The lowest BCUT2D eigenvalue weighted by Gasteiger charge is -2.11. The summed E-state index contributed by atoms with van der Waals surface area (Å²) in [5, 5.41) is 7.33. The Morgan fingerprint density at radius 2 is 1.73 bits per heavy atom. The van der Waals surface area contributed by atoms with Gasteiger partial charge < -0.3 is 9.73 Å². The van der Waals surface area contributed by atoms with Crippen LogP contribution >= 0.6 is 0 Å². The molecule has 4 aromatic rings. The zero-order valence-electron chi connectivity index (χ0n) is 17.8. The Morgan fingerprint density at radius 3 is 2.48 bits per heavy atom. The molecule has 1 aliphatic rings. The van der Waals surface area contributed by atoms with Gasteiger partial charge in [-0.3, -0.25) is 19.3 Å². The van der Waals surface area contributed by atoms with E-state index in [9.17, 15) is 14.4 Å². The minimum Gasteiger partial charge on any atom is -0.467 e. The fraction of sp³-hybridized carbons (Fsp3) is 0.120. The van der Waals surface area contributed by atoms with E-state index in [0.717, 1.165) is 16.2 Å². The van der Waals surface area contributed by atoms with Crippen molar-refractivity contribution in [3.63, 3.8) is 0 Å². The first-order valence-corrected chi connectivity index (χ1v) is 10.4. The van der Waals surface area contributed by atoms with Crippen LogP contribution in [0.2, 0.25) is 0 Å². The summed E-state index contributed by atoms with van der Waals surface area (Å²) in [6.45, 7) is 2.40. The molecule has 0 unspecified atom stereocenters. The molecule has 0 saturated heterocycles. The number of imide groups is 1. The summed E-state index contributed by atoms with van der Waals surface area (Å²) in [5.41, 5.74) is 2.57. The molecule has 0 atom stereocenters. The van der Waals surface area contributed by atoms with Gasteiger partial charge in [-0.05, 0) is 42.8 Å². The third kappa shape index (κ3) is 3.94. The maximum absolute atomic E-state index is 13.0. The number of furan rings is 1. The van der Waals surface area contributed by atoms with E-state index in [2.05, 4.69) is 10.4 Å². The smallest absolute Gasteiger partial charge is 0.261 e. The molecule has 0 bridgehead atoms. The number of amides is 3. The maximum atomic E-state index is 13.0. The summed E-state index contributed by atoms with van der Waals surface area (Å²) < 4.78 is 6.97. The predicted molar refractivity (Wildman–Crippen MR) is 120 cm³/mol. The van der Waals surface area contributed by atoms with Gasteiger partial charge in [0.1, 0.15) is 11.6 Å². The number of nitrogens with zero attached hydrogens (tertiary/aromatic N) is 3. The molecule has 0 radical (unpaired) electrons. The topological polar surface area (TPSA) is 97.4 Å². The van der Waals surface area contributed by atoms with Crippen LogP contribution in [0.15, 0.2) is 77.4 Å². The molecular weight excluding hydrogens is 420 g/mol. The van der Waals surface area contributed by atoms with Gasteiger partial charge in [0.2, 0.25) is 0 Å². The molecule has 3 amide bonds. The minimum absolute atomic E-state index is 0.0405. The van der Waals surface area contributed by atoms with Crippen molar-refractivity contribution in [2.75, 3.05) is 5.32 Å². The molecule has 164 valence electrons. The van der Waals surface area contributed by atoms with Crippen LogP contribution < -0.4 is 5.32 Å². The van der Waals surface area contributed by atoms with E-state index < -0.39 is 17.7 Å². The van der Waals surface area contributed by atoms with E-state index in [4.69, 9.17) is 4.42 Å². The Labute approximate surface area is 189 Å². The van der Waals surface area contributed by atoms with Gasteiger partial charge in [-0.15, -0.1) is 0 Å². The highest BCUT2D eigenvalue weighted by atomic mass is 16.3. The third-order valence-corrected chi connectivity index (χ3v) is 5.45. The fourth-order valence-corrected chi connectivity index (χ4v) is 3.85. The monoisotopic (exact) mass is 440 g/mol. The second-order valence-corrected chi connectivity index (χ2v) is 7.80. The Bertz CT molecular complexity index is 1360. The quantitative estimate of drug-likeness (QED) is 0.459. The number of benzene rings is 2. The first-order chi connectivity index (χ1) is 16.0. The standard InChI is InChI=1S/C25H20N4O4/c1-16-12-22(29(27-16)14-17-6-3-2-4-7-17)26-23(30)18-9-10-20-21(13-18)25(32)28(24(20)31)15-19-8-5-11-33-19/h2-13H,14-15H2,1H3,(H,26,30). The number of aromatic nitrogens is 2. The Hall–Kier alpha value is -4.46. The summed E-state index contributed by atoms with van der Waals surface area (Å²) in [5.74, 6) is -0.203. The van der Waals surface area contributed by atoms with Gasteiger partial charge in [0.15, 0.2) is 0 Å². The summed E-state index contributed by atoms with van der Waals surface area (Å²) in [6.07, 6.45) is 1.49. The van der Waals surface area contributed by atoms with Crippen LogP contribution in [-0.4, -0.2) is 32.4 Å². The molecule has 5 rings (SSSR count). The number of anilines is 1. The van der Waals surface area contributed by atoms with E-state index >= 15 is 0 Å². The van der Waals surface area contributed by atoms with E-state index in [1.807, 2.05) is 37.3 Å². The van der Waals surface area contributed by atoms with Crippen molar-refractivity contribution in [2.24, 2.45) is 0 Å². The molecule has 2 aromatic heterocycles. The van der Waals surface area contributed by atoms with E-state index in [-0.39, 0.29) is 23.2 Å². The summed E-state index contributed by atoms with van der Waals surface area (Å²) in [4.78, 5) is 39.6. The van der Waals surface area contributed by atoms with E-state index in [1.54, 1.807) is 28.9 Å². The molecule has 1 aliphatic heterocycles. The number of rotatable bonds is 6. The summed E-state index contributed by atoms with van der Waals surface area (Å²) in [6, 6.07) is 19.5. The van der Waals surface area contributed by atoms with Crippen LogP contribution in [-0.2, 0) is 13.1 Å². The van der Waals surface area contributed by atoms with Crippen molar-refractivity contribution >= 4 is 23.5 Å². The normalized spacial score (nSPS) is 12.8. The summed E-state index contributed by atoms with van der Waals surface area (Å²) in [7, 11) is 0. The molecule has 8 nitrogen and oxygen atoms in total. The van der Waals surface area contributed by atoms with Crippen LogP contribution in [0.25, 0.3) is 0 Å². The van der Waals surface area contributed by atoms with Crippen LogP contribution in [0.3, 0.4) is 0 Å². The molecule has 1 N–H and O–H groups in total. The lowest BCUT2D eigenvalue weighted by atomic mass is 10.1. The highest BCUT2D eigenvalue weighted by Crippen LogP contribution is 2.26. The number of nitrogens with one attached hydrogen (secondary N) is 1. The van der Waals surface area contributed by atoms with Crippen molar-refractivity contribution in [3.8, 4) is 0 Å². The van der Waals surface area contributed by atoms with Gasteiger partial charge in [-0.1, -0.05) is 30.3 Å². The number of hydrogen-bond acceptors (Lipinski definition) is 5. The first kappa shape index (κ1) is 20.4. The number of carbonyl (C=O) groups is 3. The first-order valence-electron chi connectivity index (χ1n) is 10.4. The van der Waals surface area contributed by atoms with Gasteiger partial charge >= 0.3 is 0 Å². The molecule has 0 spiro atoms. The van der Waals surface area contributed by atoms with Crippen molar-refractivity contribution in [2.45, 2.75) is 20.0 Å². The van der Waals surface area contributed by atoms with Gasteiger partial charge in [-0.25, -0.2) is 4.68 Å². The van der Waals surface area contributed by atoms with Crippen LogP contribution in [0, 0.1) is 6.92 Å². The Kier molecular flexibility index (Phi) is 5.10. The highest BCUT2D eigenvalue weighted by Gasteiger charge is 2.36. The van der Waals surface area contributed by atoms with Crippen molar-refractivity contribution < 1.29 is 18.8 Å². The van der Waals surface area contributed by atoms with Crippen molar-refractivity contribution in [1.29, 1.82) is 0 Å². The Balaban J connectivity index is 1.36. The average molecular weight is 440 g/mol. The van der Waals surface area contributed by atoms with Crippen LogP contribution in [0.5, 0.6) is 0 Å². The molecule has 0 fully saturated rings. The number of fused-ring (bicyclic) bond motifs is 1. The second-order valence-electron chi connectivity index (χ2n) is 7.80. The molecule has 33 heavy (non-hydrogen) atoms.